The highest BCUT2D eigenvalue weighted by Crippen LogP contribution is 2.17. The van der Waals surface area contributed by atoms with Crippen molar-refractivity contribution in [2.24, 2.45) is 4.99 Å². The Balaban J connectivity index is 1.35. The van der Waals surface area contributed by atoms with Gasteiger partial charge in [-0.25, -0.2) is 0 Å². The standard InChI is InChI=1S/C23H38N6/c1-3-24-23(25-12-7-8-14-29-17-15-28(4-2)16-18-29)26-13-11-20-19-27-22-10-6-5-9-21(20)22/h5-6,9-10,19,27H,3-4,7-8,11-18H2,1-2H3,(H2,24,25,26). The lowest BCUT2D eigenvalue weighted by atomic mass is 10.1. The molecule has 6 heteroatoms. The molecule has 2 heterocycles. The molecule has 0 spiro atoms. The maximum absolute atomic E-state index is 4.76. The molecule has 2 aromatic rings. The molecule has 0 amide bonds. The van der Waals surface area contributed by atoms with Crippen molar-refractivity contribution in [3.63, 3.8) is 0 Å². The first-order valence-corrected chi connectivity index (χ1v) is 11.3. The smallest absolute Gasteiger partial charge is 0.191 e. The second kappa shape index (κ2) is 11.8. The van der Waals surface area contributed by atoms with E-state index in [4.69, 9.17) is 4.99 Å². The zero-order valence-electron chi connectivity index (χ0n) is 18.2. The lowest BCUT2D eigenvalue weighted by molar-refractivity contribution is 0.136. The Hall–Kier alpha value is -2.05. The van der Waals surface area contributed by atoms with Gasteiger partial charge in [0, 0.05) is 62.9 Å². The van der Waals surface area contributed by atoms with Gasteiger partial charge in [0.2, 0.25) is 0 Å². The van der Waals surface area contributed by atoms with Gasteiger partial charge in [-0.2, -0.15) is 0 Å². The summed E-state index contributed by atoms with van der Waals surface area (Å²) >= 11 is 0. The van der Waals surface area contributed by atoms with Crippen LogP contribution in [0.5, 0.6) is 0 Å². The molecule has 1 saturated heterocycles. The zero-order chi connectivity index (χ0) is 20.3. The van der Waals surface area contributed by atoms with Crippen molar-refractivity contribution in [2.75, 3.05) is 58.9 Å². The molecule has 160 valence electrons. The number of guanidine groups is 1. The van der Waals surface area contributed by atoms with Gasteiger partial charge in [-0.15, -0.1) is 0 Å². The predicted octanol–water partition coefficient (Wildman–Crippen LogP) is 2.68. The van der Waals surface area contributed by atoms with E-state index >= 15 is 0 Å². The Morgan fingerprint density at radius 3 is 2.62 bits per heavy atom. The number of hydrogen-bond acceptors (Lipinski definition) is 3. The number of aromatic nitrogens is 1. The van der Waals surface area contributed by atoms with Crippen LogP contribution in [0.4, 0.5) is 0 Å². The molecule has 3 N–H and O–H groups in total. The minimum absolute atomic E-state index is 0.884. The minimum atomic E-state index is 0.884. The second-order valence-electron chi connectivity index (χ2n) is 7.78. The van der Waals surface area contributed by atoms with Crippen molar-refractivity contribution in [3.05, 3.63) is 36.0 Å². The molecule has 1 aliphatic rings. The predicted molar refractivity (Wildman–Crippen MR) is 124 cm³/mol. The minimum Gasteiger partial charge on any atom is -0.361 e. The highest BCUT2D eigenvalue weighted by molar-refractivity contribution is 5.83. The SMILES string of the molecule is CCNC(=NCCCCN1CCN(CC)CC1)NCCc1c[nH]c2ccccc12. The Morgan fingerprint density at radius 1 is 1.03 bits per heavy atom. The molecule has 1 aromatic heterocycles. The van der Waals surface area contributed by atoms with Gasteiger partial charge in [-0.1, -0.05) is 25.1 Å². The van der Waals surface area contributed by atoms with Crippen molar-refractivity contribution in [1.82, 2.24) is 25.4 Å². The van der Waals surface area contributed by atoms with E-state index in [0.717, 1.165) is 38.4 Å². The van der Waals surface area contributed by atoms with E-state index in [1.54, 1.807) is 0 Å². The first-order valence-electron chi connectivity index (χ1n) is 11.3. The van der Waals surface area contributed by atoms with E-state index in [1.165, 1.54) is 62.2 Å². The monoisotopic (exact) mass is 398 g/mol. The lowest BCUT2D eigenvalue weighted by Gasteiger charge is -2.33. The molecule has 1 aliphatic heterocycles. The van der Waals surface area contributed by atoms with Crippen LogP contribution in [-0.2, 0) is 6.42 Å². The van der Waals surface area contributed by atoms with Crippen LogP contribution in [0.15, 0.2) is 35.5 Å². The summed E-state index contributed by atoms with van der Waals surface area (Å²) in [5, 5.41) is 8.17. The van der Waals surface area contributed by atoms with Crippen molar-refractivity contribution in [3.8, 4) is 0 Å². The number of nitrogens with one attached hydrogen (secondary N) is 3. The zero-order valence-corrected chi connectivity index (χ0v) is 18.2. The molecule has 6 nitrogen and oxygen atoms in total. The van der Waals surface area contributed by atoms with Gasteiger partial charge in [0.15, 0.2) is 5.96 Å². The number of unbranched alkanes of at least 4 members (excludes halogenated alkanes) is 1. The number of piperazine rings is 1. The number of rotatable bonds is 10. The Kier molecular flexibility index (Phi) is 8.83. The van der Waals surface area contributed by atoms with E-state index in [0.29, 0.717) is 0 Å². The Labute approximate surface area is 175 Å². The summed E-state index contributed by atoms with van der Waals surface area (Å²) < 4.78 is 0. The van der Waals surface area contributed by atoms with Crippen molar-refractivity contribution < 1.29 is 0 Å². The summed E-state index contributed by atoms with van der Waals surface area (Å²) in [6.45, 7) is 14.3. The fraction of sp³-hybridized carbons (Fsp3) is 0.609. The average Bonchev–Trinajstić information content (AvgIpc) is 3.17. The average molecular weight is 399 g/mol. The van der Waals surface area contributed by atoms with Crippen molar-refractivity contribution in [1.29, 1.82) is 0 Å². The largest absolute Gasteiger partial charge is 0.361 e. The number of likely N-dealkylation sites (N-methyl/N-ethyl adjacent to an activating group) is 1. The number of H-pyrrole nitrogens is 1. The summed E-state index contributed by atoms with van der Waals surface area (Å²) in [6, 6.07) is 8.48. The molecule has 29 heavy (non-hydrogen) atoms. The van der Waals surface area contributed by atoms with Crippen LogP contribution in [-0.4, -0.2) is 79.6 Å². The van der Waals surface area contributed by atoms with Gasteiger partial charge in [-0.05, 0) is 50.9 Å². The number of aliphatic imine (C=N–C) groups is 1. The fourth-order valence-electron chi connectivity index (χ4n) is 3.96. The normalized spacial score (nSPS) is 16.4. The quantitative estimate of drug-likeness (QED) is 0.327. The number of benzene rings is 1. The van der Waals surface area contributed by atoms with Crippen LogP contribution in [0.25, 0.3) is 10.9 Å². The van der Waals surface area contributed by atoms with Gasteiger partial charge in [0.05, 0.1) is 0 Å². The van der Waals surface area contributed by atoms with Crippen molar-refractivity contribution >= 4 is 16.9 Å². The van der Waals surface area contributed by atoms with Gasteiger partial charge in [-0.3, -0.25) is 4.99 Å². The van der Waals surface area contributed by atoms with Gasteiger partial charge < -0.3 is 25.4 Å². The number of hydrogen-bond donors (Lipinski definition) is 3. The van der Waals surface area contributed by atoms with Crippen LogP contribution in [0.3, 0.4) is 0 Å². The maximum Gasteiger partial charge on any atom is 0.191 e. The third-order valence-corrected chi connectivity index (χ3v) is 5.77. The second-order valence-corrected chi connectivity index (χ2v) is 7.78. The highest BCUT2D eigenvalue weighted by atomic mass is 15.3. The van der Waals surface area contributed by atoms with Gasteiger partial charge >= 0.3 is 0 Å². The molecule has 0 aliphatic carbocycles. The van der Waals surface area contributed by atoms with E-state index in [2.05, 4.69) is 69.7 Å². The van der Waals surface area contributed by atoms with Crippen LogP contribution < -0.4 is 10.6 Å². The van der Waals surface area contributed by atoms with Crippen molar-refractivity contribution in [2.45, 2.75) is 33.1 Å². The number of fused-ring (bicyclic) bond motifs is 1. The number of nitrogens with zero attached hydrogens (tertiary/aromatic N) is 3. The molecule has 3 rings (SSSR count). The van der Waals surface area contributed by atoms with E-state index in [1.807, 2.05) is 0 Å². The first kappa shape index (κ1) is 21.7. The highest BCUT2D eigenvalue weighted by Gasteiger charge is 2.14. The third kappa shape index (κ3) is 6.75. The van der Waals surface area contributed by atoms with E-state index < -0.39 is 0 Å². The van der Waals surface area contributed by atoms with Crippen LogP contribution in [0.2, 0.25) is 0 Å². The number of aromatic amines is 1. The molecule has 1 aromatic carbocycles. The Bertz CT molecular complexity index is 745. The lowest BCUT2D eigenvalue weighted by Crippen LogP contribution is -2.46. The summed E-state index contributed by atoms with van der Waals surface area (Å²) in [7, 11) is 0. The topological polar surface area (TPSA) is 58.7 Å². The summed E-state index contributed by atoms with van der Waals surface area (Å²) in [6.07, 6.45) is 5.48. The first-order chi connectivity index (χ1) is 14.3. The van der Waals surface area contributed by atoms with Gasteiger partial charge in [0.25, 0.3) is 0 Å². The summed E-state index contributed by atoms with van der Waals surface area (Å²) in [5.41, 5.74) is 2.56. The molecule has 1 fully saturated rings. The number of para-hydroxylation sites is 1. The van der Waals surface area contributed by atoms with Crippen LogP contribution in [0.1, 0.15) is 32.3 Å². The van der Waals surface area contributed by atoms with E-state index in [9.17, 15) is 0 Å². The molecule has 0 bridgehead atoms. The Morgan fingerprint density at radius 2 is 1.83 bits per heavy atom. The third-order valence-electron chi connectivity index (χ3n) is 5.77. The molecule has 0 radical (unpaired) electrons. The fourth-order valence-corrected chi connectivity index (χ4v) is 3.96. The van der Waals surface area contributed by atoms with Crippen LogP contribution in [0, 0.1) is 0 Å². The maximum atomic E-state index is 4.76. The molecular weight excluding hydrogens is 360 g/mol. The molecule has 0 unspecified atom stereocenters. The van der Waals surface area contributed by atoms with Gasteiger partial charge in [0.1, 0.15) is 0 Å². The summed E-state index contributed by atoms with van der Waals surface area (Å²) in [4.78, 5) is 13.2. The van der Waals surface area contributed by atoms with E-state index in [-0.39, 0.29) is 0 Å². The molecule has 0 saturated carbocycles. The van der Waals surface area contributed by atoms with Crippen LogP contribution >= 0.6 is 0 Å². The molecular formula is C23H38N6. The summed E-state index contributed by atoms with van der Waals surface area (Å²) in [5.74, 6) is 0.934. The molecule has 0 atom stereocenters.